The molecule has 1 aliphatic rings. The number of nitrogens with one attached hydrogen (secondary N) is 1. The van der Waals surface area contributed by atoms with Crippen molar-refractivity contribution in [2.45, 2.75) is 200 Å². The number of halogens is 1. The van der Waals surface area contributed by atoms with Crippen molar-refractivity contribution >= 4 is 54.9 Å². The van der Waals surface area contributed by atoms with E-state index in [4.69, 9.17) is 17.7 Å². The van der Waals surface area contributed by atoms with Crippen LogP contribution in [0.5, 0.6) is 0 Å². The number of anilines is 1. The maximum Gasteiger partial charge on any atom is 0.192 e. The van der Waals surface area contributed by atoms with E-state index < -0.39 is 33.3 Å². The quantitative estimate of drug-likeness (QED) is 0.191. The van der Waals surface area contributed by atoms with Crippen LogP contribution in [0, 0.1) is 6.92 Å². The summed E-state index contributed by atoms with van der Waals surface area (Å²) >= 11 is 3.67. The van der Waals surface area contributed by atoms with Gasteiger partial charge in [-0.25, -0.2) is 0 Å². The minimum atomic E-state index is -2.31. The molecule has 0 bridgehead atoms. The third-order valence-corrected chi connectivity index (χ3v) is 32.4. The Labute approximate surface area is 357 Å². The van der Waals surface area contributed by atoms with Gasteiger partial charge < -0.3 is 23.0 Å². The Bertz CT molecular complexity index is 1580. The number of aryl methyl sites for hydroxylation is 1. The Kier molecular flexibility index (Phi) is 15.8. The molecule has 1 N–H and O–H groups in total. The van der Waals surface area contributed by atoms with Crippen LogP contribution in [0.3, 0.4) is 0 Å². The lowest BCUT2D eigenvalue weighted by Gasteiger charge is -2.56. The zero-order valence-corrected chi connectivity index (χ0v) is 45.2. The molecular weight excluding hydrogens is 825 g/mol. The highest BCUT2D eigenvalue weighted by atomic mass is 79.9. The van der Waals surface area contributed by atoms with Gasteiger partial charge in [0, 0.05) is 29.8 Å². The number of hydrogen-bond acceptors (Lipinski definition) is 6. The SMILES string of the molecule is Cc1cc(Br)cc(NCc2cccc(CN3CC(O[Si](C)(C)C(C)(C)C)C(O[Si](C)(C)C(C)(C)C)C(O[Si](C)(C)C(C)(C)C)[C@H]3CO[Si](C)(C)C(C)(C)C)c2)c1. The summed E-state index contributed by atoms with van der Waals surface area (Å²) < 4.78 is 31.3. The van der Waals surface area contributed by atoms with E-state index in [0.29, 0.717) is 6.61 Å². The first-order valence-corrected chi connectivity index (χ1v) is 33.5. The summed E-state index contributed by atoms with van der Waals surface area (Å²) in [6, 6.07) is 15.6. The molecule has 4 atom stereocenters. The molecule has 0 spiro atoms. The average molecular weight is 908 g/mol. The number of hydrogen-bond donors (Lipinski definition) is 1. The van der Waals surface area contributed by atoms with Crippen molar-refractivity contribution in [3.05, 3.63) is 63.6 Å². The van der Waals surface area contributed by atoms with Gasteiger partial charge in [0.25, 0.3) is 0 Å². The lowest BCUT2D eigenvalue weighted by Crippen LogP contribution is -2.70. The van der Waals surface area contributed by atoms with Gasteiger partial charge in [0.15, 0.2) is 33.3 Å². The molecule has 0 saturated carbocycles. The Hall–Kier alpha value is -0.612. The minimum absolute atomic E-state index is 0.0151. The van der Waals surface area contributed by atoms with Crippen molar-refractivity contribution in [1.29, 1.82) is 0 Å². The molecule has 1 heterocycles. The normalized spacial score (nSPS) is 21.4. The largest absolute Gasteiger partial charge is 0.415 e. The van der Waals surface area contributed by atoms with Gasteiger partial charge >= 0.3 is 0 Å². The summed E-state index contributed by atoms with van der Waals surface area (Å²) in [4.78, 5) is 2.65. The van der Waals surface area contributed by atoms with E-state index in [2.05, 4.69) is 211 Å². The molecule has 2 aromatic carbocycles. The molecule has 1 fully saturated rings. The predicted molar refractivity (Wildman–Crippen MR) is 256 cm³/mol. The number of rotatable bonds is 14. The van der Waals surface area contributed by atoms with Crippen LogP contribution in [-0.2, 0) is 30.8 Å². The Balaban J connectivity index is 2.22. The summed E-state index contributed by atoms with van der Waals surface area (Å²) in [5.74, 6) is 0. The van der Waals surface area contributed by atoms with Crippen molar-refractivity contribution in [2.24, 2.45) is 0 Å². The molecule has 0 aromatic heterocycles. The number of benzene rings is 2. The van der Waals surface area contributed by atoms with Crippen molar-refractivity contribution in [1.82, 2.24) is 4.90 Å². The standard InChI is InChI=1S/C45H83BrN2O4Si4/c1-33-25-36(46)28-37(26-33)47-29-34-23-22-24-35(27-34)30-48-31-39(50-54(16,17)43(5,6)7)41(52-56(20,21)45(11,12)13)40(51-55(18,19)44(8,9)10)38(48)32-49-53(14,15)42(2,3)4/h22-28,38-41,47H,29-32H2,1-21H3/t38-,39?,40?,41?/m1/s1. The van der Waals surface area contributed by atoms with E-state index in [1.54, 1.807) is 0 Å². The van der Waals surface area contributed by atoms with Gasteiger partial charge in [-0.3, -0.25) is 4.90 Å². The number of likely N-dealkylation sites (tertiary alicyclic amines) is 1. The van der Waals surface area contributed by atoms with Crippen LogP contribution in [0.25, 0.3) is 0 Å². The third kappa shape index (κ3) is 12.7. The molecule has 6 nitrogen and oxygen atoms in total. The van der Waals surface area contributed by atoms with Crippen molar-refractivity contribution in [3.8, 4) is 0 Å². The molecule has 2 aromatic rings. The minimum Gasteiger partial charge on any atom is -0.415 e. The van der Waals surface area contributed by atoms with E-state index in [0.717, 1.165) is 29.8 Å². The van der Waals surface area contributed by atoms with Crippen LogP contribution in [0.1, 0.15) is 99.8 Å². The van der Waals surface area contributed by atoms with Crippen LogP contribution in [0.2, 0.25) is 72.5 Å². The molecule has 0 aliphatic carbocycles. The van der Waals surface area contributed by atoms with Crippen molar-refractivity contribution < 1.29 is 17.7 Å². The van der Waals surface area contributed by atoms with Crippen molar-refractivity contribution in [2.75, 3.05) is 18.5 Å². The van der Waals surface area contributed by atoms with Gasteiger partial charge in [-0.1, -0.05) is 123 Å². The van der Waals surface area contributed by atoms with Gasteiger partial charge in [-0.15, -0.1) is 0 Å². The van der Waals surface area contributed by atoms with E-state index in [1.165, 1.54) is 16.7 Å². The Morgan fingerprint density at radius 3 is 1.62 bits per heavy atom. The lowest BCUT2D eigenvalue weighted by atomic mass is 9.93. The molecule has 320 valence electrons. The van der Waals surface area contributed by atoms with Gasteiger partial charge in [0.2, 0.25) is 0 Å². The fourth-order valence-corrected chi connectivity index (χ4v) is 11.7. The highest BCUT2D eigenvalue weighted by molar-refractivity contribution is 9.10. The van der Waals surface area contributed by atoms with Gasteiger partial charge in [-0.05, 0) is 114 Å². The molecule has 3 rings (SSSR count). The summed E-state index contributed by atoms with van der Waals surface area (Å²) in [5, 5.41) is 3.85. The first-order chi connectivity index (χ1) is 25.1. The summed E-state index contributed by atoms with van der Waals surface area (Å²) in [5.41, 5.74) is 4.89. The zero-order valence-electron chi connectivity index (χ0n) is 39.6. The summed E-state index contributed by atoms with van der Waals surface area (Å²) in [6.45, 7) is 52.3. The molecule has 3 unspecified atom stereocenters. The Morgan fingerprint density at radius 1 is 0.643 bits per heavy atom. The smallest absolute Gasteiger partial charge is 0.192 e. The van der Waals surface area contributed by atoms with Gasteiger partial charge in [0.1, 0.15) is 0 Å². The van der Waals surface area contributed by atoms with Gasteiger partial charge in [0.05, 0.1) is 31.0 Å². The second kappa shape index (κ2) is 17.8. The molecule has 0 radical (unpaired) electrons. The highest BCUT2D eigenvalue weighted by Crippen LogP contribution is 2.46. The maximum atomic E-state index is 7.76. The molecule has 11 heteroatoms. The van der Waals surface area contributed by atoms with Crippen LogP contribution in [0.15, 0.2) is 46.9 Å². The second-order valence-corrected chi connectivity index (χ2v) is 42.9. The molecular formula is C45H83BrN2O4Si4. The molecule has 56 heavy (non-hydrogen) atoms. The van der Waals surface area contributed by atoms with E-state index in [1.807, 2.05) is 0 Å². The summed E-state index contributed by atoms with van der Waals surface area (Å²) in [7, 11) is -8.92. The van der Waals surface area contributed by atoms with Crippen LogP contribution < -0.4 is 5.32 Å². The third-order valence-electron chi connectivity index (χ3n) is 14.0. The van der Waals surface area contributed by atoms with Crippen LogP contribution in [-0.4, -0.2) is 75.7 Å². The topological polar surface area (TPSA) is 52.2 Å². The lowest BCUT2D eigenvalue weighted by molar-refractivity contribution is -0.130. The number of piperidine rings is 1. The maximum absolute atomic E-state index is 7.76. The zero-order chi connectivity index (χ0) is 43.1. The molecule has 1 aliphatic heterocycles. The molecule has 1 saturated heterocycles. The first kappa shape index (κ1) is 49.7. The summed E-state index contributed by atoms with van der Waals surface area (Å²) in [6.07, 6.45) is -0.580. The fraction of sp³-hybridized carbons (Fsp3) is 0.733. The predicted octanol–water partition coefficient (Wildman–Crippen LogP) is 13.7. The monoisotopic (exact) mass is 906 g/mol. The second-order valence-electron chi connectivity index (χ2n) is 22.9. The Morgan fingerprint density at radius 2 is 1.12 bits per heavy atom. The van der Waals surface area contributed by atoms with E-state index >= 15 is 0 Å². The first-order valence-electron chi connectivity index (χ1n) is 21.1. The van der Waals surface area contributed by atoms with E-state index in [9.17, 15) is 0 Å². The molecule has 0 amide bonds. The number of nitrogens with zero attached hydrogens (tertiary/aromatic N) is 1. The van der Waals surface area contributed by atoms with E-state index in [-0.39, 0.29) is 44.5 Å². The van der Waals surface area contributed by atoms with Gasteiger partial charge in [-0.2, -0.15) is 0 Å². The van der Waals surface area contributed by atoms with Crippen LogP contribution >= 0.6 is 15.9 Å². The highest BCUT2D eigenvalue weighted by Gasteiger charge is 2.55. The average Bonchev–Trinajstić information content (AvgIpc) is 2.98. The fourth-order valence-electron chi connectivity index (χ4n) is 6.10. The van der Waals surface area contributed by atoms with Crippen LogP contribution in [0.4, 0.5) is 5.69 Å². The van der Waals surface area contributed by atoms with Crippen molar-refractivity contribution in [3.63, 3.8) is 0 Å².